The van der Waals surface area contributed by atoms with Crippen LogP contribution in [0.25, 0.3) is 6.08 Å². The van der Waals surface area contributed by atoms with Crippen molar-refractivity contribution in [3.8, 4) is 5.75 Å². The van der Waals surface area contributed by atoms with Crippen LogP contribution in [0.15, 0.2) is 54.6 Å². The van der Waals surface area contributed by atoms with Crippen LogP contribution in [0.1, 0.15) is 41.8 Å². The Kier molecular flexibility index (Phi) is 8.81. The SMILES string of the molecule is CCCc1ccc(C(=O)COC(=O)C(C)NC(=O)/C=C/c2ccc(OC)cc2)cc1. The molecule has 158 valence electrons. The molecule has 0 spiro atoms. The topological polar surface area (TPSA) is 81.7 Å². The molecule has 0 aromatic heterocycles. The van der Waals surface area contributed by atoms with E-state index in [-0.39, 0.29) is 12.4 Å². The molecule has 0 aliphatic heterocycles. The van der Waals surface area contributed by atoms with Crippen LogP contribution in [0, 0.1) is 0 Å². The molecule has 6 heteroatoms. The van der Waals surface area contributed by atoms with Gasteiger partial charge in [-0.05, 0) is 42.7 Å². The summed E-state index contributed by atoms with van der Waals surface area (Å²) < 4.78 is 10.1. The second kappa shape index (κ2) is 11.6. The van der Waals surface area contributed by atoms with Crippen molar-refractivity contribution in [1.82, 2.24) is 5.32 Å². The smallest absolute Gasteiger partial charge is 0.328 e. The average Bonchev–Trinajstić information content (AvgIpc) is 2.76. The molecule has 0 heterocycles. The molecule has 0 bridgehead atoms. The zero-order chi connectivity index (χ0) is 21.9. The van der Waals surface area contributed by atoms with Crippen molar-refractivity contribution < 1.29 is 23.9 Å². The molecular formula is C24H27NO5. The van der Waals surface area contributed by atoms with E-state index in [0.29, 0.717) is 5.56 Å². The number of ketones is 1. The molecule has 0 saturated carbocycles. The van der Waals surface area contributed by atoms with Crippen LogP contribution in [0.5, 0.6) is 5.75 Å². The van der Waals surface area contributed by atoms with Gasteiger partial charge in [-0.3, -0.25) is 9.59 Å². The first-order valence-corrected chi connectivity index (χ1v) is 9.84. The Morgan fingerprint density at radius 2 is 1.70 bits per heavy atom. The molecule has 2 rings (SSSR count). The lowest BCUT2D eigenvalue weighted by atomic mass is 10.1. The summed E-state index contributed by atoms with van der Waals surface area (Å²) in [4.78, 5) is 36.3. The first-order valence-electron chi connectivity index (χ1n) is 9.84. The Balaban J connectivity index is 1.79. The summed E-state index contributed by atoms with van der Waals surface area (Å²) in [6, 6.07) is 13.6. The normalized spacial score (nSPS) is 11.7. The van der Waals surface area contributed by atoms with E-state index < -0.39 is 17.9 Å². The standard InChI is InChI=1S/C24H27NO5/c1-4-5-18-6-11-20(12-7-18)22(26)16-30-24(28)17(2)25-23(27)15-10-19-8-13-21(29-3)14-9-19/h6-15,17H,4-5,16H2,1-3H3,(H,25,27)/b15-10+. The molecule has 0 fully saturated rings. The van der Waals surface area contributed by atoms with Crippen LogP contribution < -0.4 is 10.1 Å². The lowest BCUT2D eigenvalue weighted by Crippen LogP contribution is -2.39. The number of nitrogens with one attached hydrogen (secondary N) is 1. The number of hydrogen-bond acceptors (Lipinski definition) is 5. The average molecular weight is 409 g/mol. The number of ether oxygens (including phenoxy) is 2. The van der Waals surface area contributed by atoms with Gasteiger partial charge in [0.2, 0.25) is 5.91 Å². The van der Waals surface area contributed by atoms with Crippen molar-refractivity contribution >= 4 is 23.7 Å². The van der Waals surface area contributed by atoms with Crippen LogP contribution in [-0.2, 0) is 20.7 Å². The zero-order valence-corrected chi connectivity index (χ0v) is 17.5. The van der Waals surface area contributed by atoms with Crippen LogP contribution in [0.2, 0.25) is 0 Å². The van der Waals surface area contributed by atoms with Gasteiger partial charge in [-0.15, -0.1) is 0 Å². The minimum Gasteiger partial charge on any atom is -0.497 e. The fourth-order valence-electron chi connectivity index (χ4n) is 2.70. The van der Waals surface area contributed by atoms with Gasteiger partial charge in [0.15, 0.2) is 12.4 Å². The van der Waals surface area contributed by atoms with E-state index in [1.807, 2.05) is 12.1 Å². The van der Waals surface area contributed by atoms with E-state index in [0.717, 1.165) is 29.7 Å². The molecule has 0 saturated heterocycles. The number of methoxy groups -OCH3 is 1. The van der Waals surface area contributed by atoms with Crippen LogP contribution in [-0.4, -0.2) is 37.4 Å². The third-order valence-electron chi connectivity index (χ3n) is 4.42. The maximum atomic E-state index is 12.2. The summed E-state index contributed by atoms with van der Waals surface area (Å²) in [5.74, 6) is -0.672. The van der Waals surface area contributed by atoms with Crippen molar-refractivity contribution in [2.45, 2.75) is 32.7 Å². The second-order valence-corrected chi connectivity index (χ2v) is 6.81. The van der Waals surface area contributed by atoms with E-state index >= 15 is 0 Å². The maximum absolute atomic E-state index is 12.2. The quantitative estimate of drug-likeness (QED) is 0.368. The molecule has 6 nitrogen and oxygen atoms in total. The second-order valence-electron chi connectivity index (χ2n) is 6.81. The fourth-order valence-corrected chi connectivity index (χ4v) is 2.70. The number of esters is 1. The molecule has 0 aliphatic rings. The fraction of sp³-hybridized carbons (Fsp3) is 0.292. The third-order valence-corrected chi connectivity index (χ3v) is 4.42. The molecule has 2 aromatic carbocycles. The Morgan fingerprint density at radius 3 is 2.30 bits per heavy atom. The molecule has 0 radical (unpaired) electrons. The highest BCUT2D eigenvalue weighted by molar-refractivity contribution is 5.98. The van der Waals surface area contributed by atoms with Crippen LogP contribution >= 0.6 is 0 Å². The van der Waals surface area contributed by atoms with Crippen molar-refractivity contribution in [3.63, 3.8) is 0 Å². The van der Waals surface area contributed by atoms with Crippen molar-refractivity contribution in [2.75, 3.05) is 13.7 Å². The Bertz CT molecular complexity index is 885. The number of carbonyl (C=O) groups excluding carboxylic acids is 3. The molecule has 1 amide bonds. The minimum atomic E-state index is -0.877. The molecule has 1 unspecified atom stereocenters. The van der Waals surface area contributed by atoms with Gasteiger partial charge >= 0.3 is 5.97 Å². The minimum absolute atomic E-state index is 0.288. The number of amides is 1. The highest BCUT2D eigenvalue weighted by atomic mass is 16.5. The summed E-state index contributed by atoms with van der Waals surface area (Å²) in [7, 11) is 1.58. The van der Waals surface area contributed by atoms with E-state index in [2.05, 4.69) is 12.2 Å². The van der Waals surface area contributed by atoms with Crippen molar-refractivity contribution in [3.05, 3.63) is 71.3 Å². The maximum Gasteiger partial charge on any atom is 0.328 e. The highest BCUT2D eigenvalue weighted by Gasteiger charge is 2.17. The molecular weight excluding hydrogens is 382 g/mol. The lowest BCUT2D eigenvalue weighted by molar-refractivity contribution is -0.145. The first-order chi connectivity index (χ1) is 14.4. The van der Waals surface area contributed by atoms with Crippen molar-refractivity contribution in [1.29, 1.82) is 0 Å². The summed E-state index contributed by atoms with van der Waals surface area (Å²) in [6.45, 7) is 3.23. The number of carbonyl (C=O) groups is 3. The Labute approximate surface area is 176 Å². The number of Topliss-reactive ketones (excluding diaryl/α,β-unsaturated/α-hetero) is 1. The Hall–Kier alpha value is -3.41. The number of rotatable bonds is 10. The summed E-state index contributed by atoms with van der Waals surface area (Å²) in [5, 5.41) is 2.52. The van der Waals surface area contributed by atoms with Crippen molar-refractivity contribution in [2.24, 2.45) is 0 Å². The van der Waals surface area contributed by atoms with Gasteiger partial charge < -0.3 is 14.8 Å². The van der Waals surface area contributed by atoms with Crippen LogP contribution in [0.3, 0.4) is 0 Å². The lowest BCUT2D eigenvalue weighted by Gasteiger charge is -2.12. The molecule has 0 aliphatic carbocycles. The summed E-state index contributed by atoms with van der Waals surface area (Å²) >= 11 is 0. The zero-order valence-electron chi connectivity index (χ0n) is 17.5. The van der Waals surface area contributed by atoms with E-state index in [9.17, 15) is 14.4 Å². The predicted molar refractivity (Wildman–Crippen MR) is 115 cm³/mol. The molecule has 1 N–H and O–H groups in total. The monoisotopic (exact) mass is 409 g/mol. The van der Waals surface area contributed by atoms with Gasteiger partial charge in [-0.1, -0.05) is 49.7 Å². The van der Waals surface area contributed by atoms with E-state index in [4.69, 9.17) is 9.47 Å². The largest absolute Gasteiger partial charge is 0.497 e. The number of hydrogen-bond donors (Lipinski definition) is 1. The van der Waals surface area contributed by atoms with Crippen LogP contribution in [0.4, 0.5) is 0 Å². The summed E-state index contributed by atoms with van der Waals surface area (Å²) in [6.07, 6.45) is 4.94. The molecule has 2 aromatic rings. The highest BCUT2D eigenvalue weighted by Crippen LogP contribution is 2.12. The Morgan fingerprint density at radius 1 is 1.03 bits per heavy atom. The van der Waals surface area contributed by atoms with Gasteiger partial charge in [-0.2, -0.15) is 0 Å². The van der Waals surface area contributed by atoms with Gasteiger partial charge in [0.25, 0.3) is 0 Å². The molecule has 30 heavy (non-hydrogen) atoms. The van der Waals surface area contributed by atoms with E-state index in [1.54, 1.807) is 49.6 Å². The van der Waals surface area contributed by atoms with Gasteiger partial charge in [0.1, 0.15) is 11.8 Å². The predicted octanol–water partition coefficient (Wildman–Crippen LogP) is 3.59. The number of benzene rings is 2. The van der Waals surface area contributed by atoms with E-state index in [1.165, 1.54) is 13.0 Å². The van der Waals surface area contributed by atoms with Gasteiger partial charge in [0.05, 0.1) is 7.11 Å². The number of aryl methyl sites for hydroxylation is 1. The molecule has 1 atom stereocenters. The summed E-state index contributed by atoms with van der Waals surface area (Å²) in [5.41, 5.74) is 2.46. The third kappa shape index (κ3) is 7.20. The first kappa shape index (κ1) is 22.9. The van der Waals surface area contributed by atoms with Gasteiger partial charge in [0, 0.05) is 11.6 Å². The van der Waals surface area contributed by atoms with Gasteiger partial charge in [-0.25, -0.2) is 4.79 Å².